The molecule has 1 aliphatic rings. The summed E-state index contributed by atoms with van der Waals surface area (Å²) in [5.74, 6) is -0.193. The van der Waals surface area contributed by atoms with Gasteiger partial charge in [-0.1, -0.05) is 18.6 Å². The van der Waals surface area contributed by atoms with Crippen LogP contribution in [0.3, 0.4) is 0 Å². The average Bonchev–Trinajstić information content (AvgIpc) is 3.21. The van der Waals surface area contributed by atoms with E-state index in [-0.39, 0.29) is 5.91 Å². The summed E-state index contributed by atoms with van der Waals surface area (Å²) in [6.45, 7) is 1.49. The Morgan fingerprint density at radius 2 is 1.82 bits per heavy atom. The minimum absolute atomic E-state index is 0.193. The molecule has 1 aromatic heterocycles. The zero-order valence-corrected chi connectivity index (χ0v) is 16.2. The van der Waals surface area contributed by atoms with E-state index in [0.29, 0.717) is 30.1 Å². The molecule has 8 heteroatoms. The Morgan fingerprint density at radius 1 is 1.07 bits per heavy atom. The molecule has 3 aromatic rings. The van der Waals surface area contributed by atoms with E-state index in [1.807, 2.05) is 0 Å². The molecule has 0 aliphatic carbocycles. The highest BCUT2D eigenvalue weighted by atomic mass is 32.2. The van der Waals surface area contributed by atoms with Crippen LogP contribution in [0.1, 0.15) is 35.2 Å². The van der Waals surface area contributed by atoms with Crippen molar-refractivity contribution in [3.05, 3.63) is 59.9 Å². The Hall–Kier alpha value is -2.71. The molecular formula is C20H22N4O3S. The topological polar surface area (TPSA) is 95.2 Å². The van der Waals surface area contributed by atoms with Crippen LogP contribution in [0.15, 0.2) is 53.7 Å². The van der Waals surface area contributed by atoms with Crippen molar-refractivity contribution in [2.45, 2.75) is 30.7 Å². The third-order valence-corrected chi connectivity index (χ3v) is 6.92. The van der Waals surface area contributed by atoms with Gasteiger partial charge in [-0.15, -0.1) is 0 Å². The van der Waals surface area contributed by atoms with E-state index < -0.39 is 10.0 Å². The zero-order chi connectivity index (χ0) is 19.6. The predicted molar refractivity (Wildman–Crippen MR) is 106 cm³/mol. The number of rotatable bonds is 5. The van der Waals surface area contributed by atoms with Crippen molar-refractivity contribution in [1.29, 1.82) is 0 Å². The predicted octanol–water partition coefficient (Wildman–Crippen LogP) is 2.67. The van der Waals surface area contributed by atoms with Crippen molar-refractivity contribution in [2.24, 2.45) is 0 Å². The van der Waals surface area contributed by atoms with Gasteiger partial charge in [0.1, 0.15) is 0 Å². The summed E-state index contributed by atoms with van der Waals surface area (Å²) >= 11 is 0. The van der Waals surface area contributed by atoms with E-state index in [4.69, 9.17) is 0 Å². The number of sulfonamides is 1. The van der Waals surface area contributed by atoms with Crippen LogP contribution in [-0.4, -0.2) is 41.7 Å². The standard InChI is InChI=1S/C20H22N4O3S/c25-20(16-6-9-18-19(12-16)23-14-22-18)21-13-15-4-7-17(8-5-15)28(26,27)24-10-2-1-3-11-24/h4-9,12,14H,1-3,10-11,13H2,(H,21,25)(H,22,23). The number of carbonyl (C=O) groups is 1. The van der Waals surface area contributed by atoms with Gasteiger partial charge < -0.3 is 10.3 Å². The lowest BCUT2D eigenvalue weighted by Crippen LogP contribution is -2.35. The fourth-order valence-electron chi connectivity index (χ4n) is 3.39. The molecule has 1 amide bonds. The molecule has 2 N–H and O–H groups in total. The van der Waals surface area contributed by atoms with Crippen LogP contribution in [0.2, 0.25) is 0 Å². The Kier molecular flexibility index (Phi) is 5.15. The number of hydrogen-bond acceptors (Lipinski definition) is 4. The van der Waals surface area contributed by atoms with Crippen LogP contribution in [0, 0.1) is 0 Å². The summed E-state index contributed by atoms with van der Waals surface area (Å²) < 4.78 is 26.9. The quantitative estimate of drug-likeness (QED) is 0.691. The van der Waals surface area contributed by atoms with Crippen molar-refractivity contribution in [1.82, 2.24) is 19.6 Å². The lowest BCUT2D eigenvalue weighted by atomic mass is 10.1. The maximum Gasteiger partial charge on any atom is 0.251 e. The molecule has 0 unspecified atom stereocenters. The van der Waals surface area contributed by atoms with Gasteiger partial charge >= 0.3 is 0 Å². The first kappa shape index (κ1) is 18.6. The van der Waals surface area contributed by atoms with Crippen LogP contribution in [0.5, 0.6) is 0 Å². The third-order valence-electron chi connectivity index (χ3n) is 5.01. The minimum Gasteiger partial charge on any atom is -0.348 e. The smallest absolute Gasteiger partial charge is 0.251 e. The average molecular weight is 398 g/mol. The summed E-state index contributed by atoms with van der Waals surface area (Å²) in [5.41, 5.74) is 3.00. The molecule has 28 heavy (non-hydrogen) atoms. The van der Waals surface area contributed by atoms with Crippen molar-refractivity contribution in [3.63, 3.8) is 0 Å². The van der Waals surface area contributed by atoms with Crippen molar-refractivity contribution in [3.8, 4) is 0 Å². The van der Waals surface area contributed by atoms with Gasteiger partial charge in [0.2, 0.25) is 10.0 Å². The molecule has 0 atom stereocenters. The number of aromatic nitrogens is 2. The Labute approximate surface area is 163 Å². The normalized spacial score (nSPS) is 15.6. The number of aromatic amines is 1. The monoisotopic (exact) mass is 398 g/mol. The van der Waals surface area contributed by atoms with Gasteiger partial charge in [-0.25, -0.2) is 13.4 Å². The number of piperidine rings is 1. The van der Waals surface area contributed by atoms with Crippen LogP contribution in [-0.2, 0) is 16.6 Å². The summed E-state index contributed by atoms with van der Waals surface area (Å²) in [6, 6.07) is 12.0. The van der Waals surface area contributed by atoms with Crippen LogP contribution in [0.25, 0.3) is 11.0 Å². The van der Waals surface area contributed by atoms with Gasteiger partial charge in [-0.3, -0.25) is 4.79 Å². The summed E-state index contributed by atoms with van der Waals surface area (Å²) in [5, 5.41) is 2.86. The number of carbonyl (C=O) groups excluding carboxylic acids is 1. The number of H-pyrrole nitrogens is 1. The van der Waals surface area contributed by atoms with Crippen LogP contribution >= 0.6 is 0 Å². The highest BCUT2D eigenvalue weighted by molar-refractivity contribution is 7.89. The molecule has 0 saturated carbocycles. The molecule has 1 fully saturated rings. The van der Waals surface area contributed by atoms with E-state index in [2.05, 4.69) is 15.3 Å². The largest absolute Gasteiger partial charge is 0.348 e. The van der Waals surface area contributed by atoms with Gasteiger partial charge in [-0.05, 0) is 48.7 Å². The molecule has 7 nitrogen and oxygen atoms in total. The van der Waals surface area contributed by atoms with Crippen molar-refractivity contribution >= 4 is 27.0 Å². The molecular weight excluding hydrogens is 376 g/mol. The van der Waals surface area contributed by atoms with Gasteiger partial charge in [-0.2, -0.15) is 4.31 Å². The number of imidazole rings is 1. The molecule has 0 spiro atoms. The Balaban J connectivity index is 1.40. The molecule has 1 aliphatic heterocycles. The molecule has 2 heterocycles. The molecule has 0 radical (unpaired) electrons. The first-order valence-corrected chi connectivity index (χ1v) is 10.8. The van der Waals surface area contributed by atoms with E-state index in [1.165, 1.54) is 0 Å². The van der Waals surface area contributed by atoms with E-state index in [9.17, 15) is 13.2 Å². The number of hydrogen-bond donors (Lipinski definition) is 2. The molecule has 1 saturated heterocycles. The highest BCUT2D eigenvalue weighted by Crippen LogP contribution is 2.21. The maximum absolute atomic E-state index is 12.7. The number of nitrogens with one attached hydrogen (secondary N) is 2. The highest BCUT2D eigenvalue weighted by Gasteiger charge is 2.25. The molecule has 146 valence electrons. The molecule has 4 rings (SSSR count). The van der Waals surface area contributed by atoms with E-state index >= 15 is 0 Å². The number of nitrogens with zero attached hydrogens (tertiary/aromatic N) is 2. The Morgan fingerprint density at radius 3 is 2.57 bits per heavy atom. The van der Waals surface area contributed by atoms with Gasteiger partial charge in [0, 0.05) is 25.2 Å². The summed E-state index contributed by atoms with van der Waals surface area (Å²) in [7, 11) is -3.43. The lowest BCUT2D eigenvalue weighted by molar-refractivity contribution is 0.0951. The van der Waals surface area contributed by atoms with Crippen molar-refractivity contribution in [2.75, 3.05) is 13.1 Å². The zero-order valence-electron chi connectivity index (χ0n) is 15.4. The first-order valence-electron chi connectivity index (χ1n) is 9.34. The second-order valence-corrected chi connectivity index (χ2v) is 8.86. The second kappa shape index (κ2) is 7.73. The first-order chi connectivity index (χ1) is 13.5. The fourth-order valence-corrected chi connectivity index (χ4v) is 4.91. The minimum atomic E-state index is -3.43. The van der Waals surface area contributed by atoms with E-state index in [0.717, 1.165) is 35.9 Å². The number of fused-ring (bicyclic) bond motifs is 1. The third kappa shape index (κ3) is 3.79. The molecule has 0 bridgehead atoms. The molecule has 2 aromatic carbocycles. The summed E-state index contributed by atoms with van der Waals surface area (Å²) in [4.78, 5) is 19.8. The van der Waals surface area contributed by atoms with Crippen LogP contribution < -0.4 is 5.32 Å². The second-order valence-electron chi connectivity index (χ2n) is 6.93. The van der Waals surface area contributed by atoms with Crippen LogP contribution in [0.4, 0.5) is 0 Å². The lowest BCUT2D eigenvalue weighted by Gasteiger charge is -2.25. The van der Waals surface area contributed by atoms with Gasteiger partial charge in [0.05, 0.1) is 22.3 Å². The summed E-state index contributed by atoms with van der Waals surface area (Å²) in [6.07, 6.45) is 4.49. The van der Waals surface area contributed by atoms with E-state index in [1.54, 1.807) is 53.1 Å². The fraction of sp³-hybridized carbons (Fsp3) is 0.300. The maximum atomic E-state index is 12.7. The number of amides is 1. The number of benzene rings is 2. The van der Waals surface area contributed by atoms with Gasteiger partial charge in [0.25, 0.3) is 5.91 Å². The van der Waals surface area contributed by atoms with Gasteiger partial charge in [0.15, 0.2) is 0 Å². The SMILES string of the molecule is O=C(NCc1ccc(S(=O)(=O)N2CCCCC2)cc1)c1ccc2nc[nH]c2c1. The van der Waals surface area contributed by atoms with Crippen molar-refractivity contribution < 1.29 is 13.2 Å². The Bertz CT molecular complexity index is 1080.